The van der Waals surface area contributed by atoms with Gasteiger partial charge in [0.1, 0.15) is 0 Å². The van der Waals surface area contributed by atoms with Crippen molar-refractivity contribution in [2.75, 3.05) is 0 Å². The summed E-state index contributed by atoms with van der Waals surface area (Å²) in [7, 11) is 0. The molecule has 3 aliphatic rings. The summed E-state index contributed by atoms with van der Waals surface area (Å²) < 4.78 is 0. The topological polar surface area (TPSA) is 75.2 Å². The van der Waals surface area contributed by atoms with Crippen LogP contribution < -0.4 is 0 Å². The molecule has 2 aliphatic carbocycles. The van der Waals surface area contributed by atoms with Crippen LogP contribution in [0.15, 0.2) is 56.4 Å². The molecule has 0 spiro atoms. The lowest BCUT2D eigenvalue weighted by Gasteiger charge is -2.25. The molecule has 0 saturated heterocycles. The maximum absolute atomic E-state index is 4.89. The molecule has 164 valence electrons. The molecule has 0 N–H and O–H groups in total. The molecule has 2 aromatic rings. The fraction of sp³-hybridized carbons (Fsp3) is 0.462. The molecule has 4 bridgehead atoms. The van der Waals surface area contributed by atoms with Crippen LogP contribution >= 0.6 is 0 Å². The van der Waals surface area contributed by atoms with E-state index < -0.39 is 0 Å². The fourth-order valence-electron chi connectivity index (χ4n) is 4.79. The second kappa shape index (κ2) is 10.1. The van der Waals surface area contributed by atoms with E-state index in [4.69, 9.17) is 29.9 Å². The summed E-state index contributed by atoms with van der Waals surface area (Å²) in [5.41, 5.74) is 3.49. The van der Waals surface area contributed by atoms with Gasteiger partial charge in [0.15, 0.2) is 0 Å². The minimum absolute atomic E-state index is 0.186. The molecular weight excluding hydrogens is 396 g/mol. The lowest BCUT2D eigenvalue weighted by molar-refractivity contribution is 0.390. The number of rotatable bonds is 0. The van der Waals surface area contributed by atoms with E-state index >= 15 is 0 Å². The Balaban J connectivity index is 1.51. The molecular formula is C26H30N6. The molecule has 0 aromatic carbocycles. The Labute approximate surface area is 189 Å². The predicted molar refractivity (Wildman–Crippen MR) is 131 cm³/mol. The summed E-state index contributed by atoms with van der Waals surface area (Å²) in [5, 5.41) is 0. The van der Waals surface area contributed by atoms with Gasteiger partial charge >= 0.3 is 0 Å². The smallest absolute Gasteiger partial charge is 0.0815 e. The van der Waals surface area contributed by atoms with Crippen molar-refractivity contribution in [1.29, 1.82) is 0 Å². The molecule has 0 unspecified atom stereocenters. The summed E-state index contributed by atoms with van der Waals surface area (Å²) in [6.45, 7) is 0. The minimum atomic E-state index is 0.186. The Morgan fingerprint density at radius 3 is 1.00 bits per heavy atom. The number of pyridine rings is 2. The highest BCUT2D eigenvalue weighted by Crippen LogP contribution is 2.25. The zero-order valence-electron chi connectivity index (χ0n) is 18.4. The summed E-state index contributed by atoms with van der Waals surface area (Å²) in [5.74, 6) is 0. The Kier molecular flexibility index (Phi) is 6.56. The van der Waals surface area contributed by atoms with Crippen LogP contribution in [0.3, 0.4) is 0 Å². The van der Waals surface area contributed by atoms with Gasteiger partial charge in [0.25, 0.3) is 0 Å². The monoisotopic (exact) mass is 426 g/mol. The van der Waals surface area contributed by atoms with Crippen molar-refractivity contribution in [2.45, 2.75) is 75.5 Å². The second-order valence-electron chi connectivity index (χ2n) is 8.93. The van der Waals surface area contributed by atoms with Crippen LogP contribution in [-0.4, -0.2) is 59.0 Å². The summed E-state index contributed by atoms with van der Waals surface area (Å²) >= 11 is 0. The maximum Gasteiger partial charge on any atom is 0.0815 e. The first-order valence-corrected chi connectivity index (χ1v) is 11.9. The SMILES string of the molecule is C1=N[C@H]2CCCC[C@H]2N=Cc2cccc(n2)C=N[C@H]2CCCC[C@H]2N=Cc2cccc1n2. The van der Waals surface area contributed by atoms with Crippen LogP contribution in [0.25, 0.3) is 0 Å². The van der Waals surface area contributed by atoms with Gasteiger partial charge in [0, 0.05) is 24.9 Å². The van der Waals surface area contributed by atoms with Crippen molar-refractivity contribution in [3.63, 3.8) is 0 Å². The normalized spacial score (nSPS) is 27.8. The average molecular weight is 427 g/mol. The van der Waals surface area contributed by atoms with Crippen LogP contribution in [0.2, 0.25) is 0 Å². The standard InChI is InChI=1S/C26H30N6/c1-2-12-24-23(11-1)27-15-19-7-5-9-21(31-19)17-29-25-13-3-4-14-26(25)30-18-22-10-6-8-20(32-22)16-28-24/h5-10,15-18,23-26H,1-4,11-14H2/t23-,24+,25+,26-. The molecule has 2 saturated carbocycles. The average Bonchev–Trinajstić information content (AvgIpc) is 2.85. The molecule has 0 radical (unpaired) electrons. The molecule has 6 nitrogen and oxygen atoms in total. The van der Waals surface area contributed by atoms with E-state index in [-0.39, 0.29) is 24.2 Å². The van der Waals surface area contributed by atoms with Gasteiger partial charge in [-0.3, -0.25) is 20.0 Å². The lowest BCUT2D eigenvalue weighted by Crippen LogP contribution is -2.27. The maximum atomic E-state index is 4.89. The van der Waals surface area contributed by atoms with Crippen LogP contribution in [0.1, 0.15) is 74.1 Å². The van der Waals surface area contributed by atoms with E-state index in [2.05, 4.69) is 0 Å². The van der Waals surface area contributed by atoms with E-state index in [1.54, 1.807) is 0 Å². The van der Waals surface area contributed by atoms with Crippen molar-refractivity contribution in [2.24, 2.45) is 20.0 Å². The molecule has 1 aliphatic heterocycles. The molecule has 2 aromatic heterocycles. The van der Waals surface area contributed by atoms with Crippen molar-refractivity contribution in [1.82, 2.24) is 9.97 Å². The number of hydrogen-bond donors (Lipinski definition) is 0. The third kappa shape index (κ3) is 5.23. The van der Waals surface area contributed by atoms with Gasteiger partial charge in [-0.1, -0.05) is 37.8 Å². The minimum Gasteiger partial charge on any atom is -0.285 e. The van der Waals surface area contributed by atoms with Gasteiger partial charge in [-0.15, -0.1) is 0 Å². The van der Waals surface area contributed by atoms with Crippen LogP contribution in [0, 0.1) is 0 Å². The third-order valence-corrected chi connectivity index (χ3v) is 6.57. The van der Waals surface area contributed by atoms with Crippen molar-refractivity contribution in [3.8, 4) is 0 Å². The van der Waals surface area contributed by atoms with Gasteiger partial charge < -0.3 is 0 Å². The van der Waals surface area contributed by atoms with E-state index in [0.717, 1.165) is 48.5 Å². The number of aromatic nitrogens is 2. The molecule has 6 heteroatoms. The van der Waals surface area contributed by atoms with Crippen LogP contribution in [0.4, 0.5) is 0 Å². The second-order valence-corrected chi connectivity index (χ2v) is 8.93. The van der Waals surface area contributed by atoms with Crippen molar-refractivity contribution >= 4 is 24.9 Å². The zero-order chi connectivity index (χ0) is 21.6. The van der Waals surface area contributed by atoms with Gasteiger partial charge in [-0.25, -0.2) is 9.97 Å². The Morgan fingerprint density at radius 1 is 0.438 bits per heavy atom. The Bertz CT molecular complexity index is 882. The van der Waals surface area contributed by atoms with Gasteiger partial charge in [0.2, 0.25) is 0 Å². The first-order chi connectivity index (χ1) is 15.8. The number of fused-ring (bicyclic) bond motifs is 6. The number of aliphatic imine (C=N–C) groups is 4. The van der Waals surface area contributed by atoms with E-state index in [1.807, 2.05) is 61.3 Å². The highest BCUT2D eigenvalue weighted by molar-refractivity contribution is 5.83. The summed E-state index contributed by atoms with van der Waals surface area (Å²) in [6.07, 6.45) is 16.6. The first kappa shape index (κ1) is 20.9. The van der Waals surface area contributed by atoms with Crippen LogP contribution in [0.5, 0.6) is 0 Å². The lowest BCUT2D eigenvalue weighted by atomic mass is 9.91. The molecule has 0 amide bonds. The van der Waals surface area contributed by atoms with E-state index in [9.17, 15) is 0 Å². The predicted octanol–water partition coefficient (Wildman–Crippen LogP) is 4.49. The largest absolute Gasteiger partial charge is 0.285 e. The highest BCUT2D eigenvalue weighted by Gasteiger charge is 2.24. The van der Waals surface area contributed by atoms with Crippen molar-refractivity contribution < 1.29 is 0 Å². The van der Waals surface area contributed by atoms with Gasteiger partial charge in [0.05, 0.1) is 46.9 Å². The number of hydrogen-bond acceptors (Lipinski definition) is 6. The van der Waals surface area contributed by atoms with Gasteiger partial charge in [-0.05, 0) is 49.9 Å². The first-order valence-electron chi connectivity index (χ1n) is 11.9. The number of nitrogens with zero attached hydrogens (tertiary/aromatic N) is 6. The quantitative estimate of drug-likeness (QED) is 0.622. The molecule has 32 heavy (non-hydrogen) atoms. The highest BCUT2D eigenvalue weighted by atomic mass is 14.9. The fourth-order valence-corrected chi connectivity index (χ4v) is 4.79. The third-order valence-electron chi connectivity index (χ3n) is 6.57. The van der Waals surface area contributed by atoms with Crippen molar-refractivity contribution in [3.05, 3.63) is 59.2 Å². The van der Waals surface area contributed by atoms with Gasteiger partial charge in [-0.2, -0.15) is 0 Å². The summed E-state index contributed by atoms with van der Waals surface area (Å²) in [6, 6.07) is 12.8. The molecule has 5 rings (SSSR count). The Hall–Kier alpha value is -3.02. The molecule has 3 heterocycles. The van der Waals surface area contributed by atoms with E-state index in [1.165, 1.54) is 25.7 Å². The van der Waals surface area contributed by atoms with Crippen LogP contribution in [-0.2, 0) is 0 Å². The Morgan fingerprint density at radius 2 is 0.719 bits per heavy atom. The summed E-state index contributed by atoms with van der Waals surface area (Å²) in [4.78, 5) is 29.1. The molecule has 4 atom stereocenters. The zero-order valence-corrected chi connectivity index (χ0v) is 18.4. The molecule has 2 fully saturated rings. The van der Waals surface area contributed by atoms with E-state index in [0.29, 0.717) is 0 Å².